The van der Waals surface area contributed by atoms with Crippen molar-refractivity contribution < 1.29 is 0 Å². The maximum absolute atomic E-state index is 2.72. The number of nitrogens with zero attached hydrogens (tertiary/aromatic N) is 2. The molecule has 3 heteroatoms. The molecule has 2 aliphatic rings. The van der Waals surface area contributed by atoms with Gasteiger partial charge in [0.15, 0.2) is 0 Å². The summed E-state index contributed by atoms with van der Waals surface area (Å²) in [5.74, 6) is 0.800. The minimum absolute atomic E-state index is 0.600. The van der Waals surface area contributed by atoms with Gasteiger partial charge in [-0.25, -0.2) is 0 Å². The Bertz CT molecular complexity index is 415. The summed E-state index contributed by atoms with van der Waals surface area (Å²) in [5, 5.41) is 4.50. The van der Waals surface area contributed by atoms with Crippen molar-refractivity contribution in [3.05, 3.63) is 22.4 Å². The zero-order valence-corrected chi connectivity index (χ0v) is 13.8. The summed E-state index contributed by atoms with van der Waals surface area (Å²) in [6.45, 7) is 12.4. The Morgan fingerprint density at radius 1 is 1.20 bits per heavy atom. The van der Waals surface area contributed by atoms with E-state index in [1.54, 1.807) is 0 Å². The van der Waals surface area contributed by atoms with Crippen molar-refractivity contribution in [3.8, 4) is 0 Å². The Hall–Kier alpha value is -0.380. The second-order valence-electron chi connectivity index (χ2n) is 7.32. The predicted molar refractivity (Wildman–Crippen MR) is 87.2 cm³/mol. The Labute approximate surface area is 127 Å². The normalized spacial score (nSPS) is 28.8. The van der Waals surface area contributed by atoms with E-state index in [1.165, 1.54) is 57.5 Å². The van der Waals surface area contributed by atoms with Crippen LogP contribution in [0.25, 0.3) is 0 Å². The van der Waals surface area contributed by atoms with E-state index in [9.17, 15) is 0 Å². The van der Waals surface area contributed by atoms with Crippen molar-refractivity contribution in [2.45, 2.75) is 39.7 Å². The van der Waals surface area contributed by atoms with E-state index >= 15 is 0 Å². The van der Waals surface area contributed by atoms with Crippen LogP contribution in [0.5, 0.6) is 0 Å². The van der Waals surface area contributed by atoms with Gasteiger partial charge in [-0.15, -0.1) is 0 Å². The van der Waals surface area contributed by atoms with Crippen LogP contribution in [-0.4, -0.2) is 42.5 Å². The highest BCUT2D eigenvalue weighted by atomic mass is 32.1. The van der Waals surface area contributed by atoms with Crippen LogP contribution in [-0.2, 0) is 6.54 Å². The fourth-order valence-electron chi connectivity index (χ4n) is 4.12. The third-order valence-electron chi connectivity index (χ3n) is 4.87. The van der Waals surface area contributed by atoms with Crippen molar-refractivity contribution >= 4 is 11.3 Å². The first-order valence-corrected chi connectivity index (χ1v) is 9.05. The molecule has 112 valence electrons. The lowest BCUT2D eigenvalue weighted by atomic mass is 9.79. The van der Waals surface area contributed by atoms with Gasteiger partial charge in [-0.05, 0) is 66.1 Å². The van der Waals surface area contributed by atoms with Gasteiger partial charge in [0.1, 0.15) is 0 Å². The first-order chi connectivity index (χ1) is 9.65. The van der Waals surface area contributed by atoms with Crippen molar-refractivity contribution in [1.82, 2.24) is 9.80 Å². The number of hydrogen-bond donors (Lipinski definition) is 0. The first-order valence-electron chi connectivity index (χ1n) is 8.11. The Morgan fingerprint density at radius 3 is 2.80 bits per heavy atom. The molecule has 0 aliphatic carbocycles. The van der Waals surface area contributed by atoms with Crippen molar-refractivity contribution in [2.24, 2.45) is 11.3 Å². The summed E-state index contributed by atoms with van der Waals surface area (Å²) < 4.78 is 0. The second kappa shape index (κ2) is 6.17. The van der Waals surface area contributed by atoms with Crippen LogP contribution in [0.3, 0.4) is 0 Å². The minimum Gasteiger partial charge on any atom is -0.302 e. The summed E-state index contributed by atoms with van der Waals surface area (Å²) in [5.41, 5.74) is 2.10. The molecular weight excluding hydrogens is 264 g/mol. The van der Waals surface area contributed by atoms with Crippen molar-refractivity contribution in [2.75, 3.05) is 32.7 Å². The van der Waals surface area contributed by atoms with Crippen LogP contribution in [0.2, 0.25) is 0 Å². The van der Waals surface area contributed by atoms with E-state index < -0.39 is 0 Å². The first kappa shape index (κ1) is 14.6. The van der Waals surface area contributed by atoms with E-state index in [2.05, 4.69) is 40.5 Å². The number of piperidine rings is 1. The molecule has 2 nitrogen and oxygen atoms in total. The molecule has 3 rings (SSSR count). The van der Waals surface area contributed by atoms with Gasteiger partial charge in [-0.1, -0.05) is 13.8 Å². The lowest BCUT2D eigenvalue weighted by molar-refractivity contribution is 0.0833. The smallest absolute Gasteiger partial charge is 0.0242 e. The molecule has 1 aromatic rings. The molecule has 1 spiro atoms. The highest BCUT2D eigenvalue weighted by molar-refractivity contribution is 7.07. The standard InChI is InChI=1S/C17H28N2S/c1-15(2)10-18-7-3-5-17(13-18)6-8-19(14-17)11-16-4-9-20-12-16/h4,9,12,15H,3,5-8,10-11,13-14H2,1-2H3/t17-/m1/s1. The van der Waals surface area contributed by atoms with Gasteiger partial charge < -0.3 is 4.90 Å². The van der Waals surface area contributed by atoms with E-state index in [-0.39, 0.29) is 0 Å². The van der Waals surface area contributed by atoms with Crippen LogP contribution >= 0.6 is 11.3 Å². The van der Waals surface area contributed by atoms with E-state index in [0.717, 1.165) is 12.5 Å². The molecule has 20 heavy (non-hydrogen) atoms. The molecule has 2 aliphatic heterocycles. The van der Waals surface area contributed by atoms with Crippen LogP contribution in [0.4, 0.5) is 0 Å². The molecular formula is C17H28N2S. The highest BCUT2D eigenvalue weighted by Gasteiger charge is 2.41. The molecule has 0 bridgehead atoms. The molecule has 0 aromatic carbocycles. The number of rotatable bonds is 4. The number of thiophene rings is 1. The summed E-state index contributed by atoms with van der Waals surface area (Å²) in [6, 6.07) is 2.28. The minimum atomic E-state index is 0.600. The van der Waals surface area contributed by atoms with E-state index in [1.807, 2.05) is 11.3 Å². The van der Waals surface area contributed by atoms with Gasteiger partial charge in [0.05, 0.1) is 0 Å². The molecule has 0 radical (unpaired) electrons. The maximum Gasteiger partial charge on any atom is 0.0242 e. The van der Waals surface area contributed by atoms with E-state index in [0.29, 0.717) is 5.41 Å². The Morgan fingerprint density at radius 2 is 2.05 bits per heavy atom. The van der Waals surface area contributed by atoms with Gasteiger partial charge in [0, 0.05) is 26.2 Å². The topological polar surface area (TPSA) is 6.48 Å². The summed E-state index contributed by atoms with van der Waals surface area (Å²) >= 11 is 1.82. The van der Waals surface area contributed by atoms with Crippen LogP contribution < -0.4 is 0 Å². The quantitative estimate of drug-likeness (QED) is 0.835. The van der Waals surface area contributed by atoms with Gasteiger partial charge in [-0.2, -0.15) is 11.3 Å². The van der Waals surface area contributed by atoms with E-state index in [4.69, 9.17) is 0 Å². The Balaban J connectivity index is 1.57. The van der Waals surface area contributed by atoms with Crippen LogP contribution in [0.15, 0.2) is 16.8 Å². The SMILES string of the molecule is CC(C)CN1CCC[C@@]2(CCN(Cc3ccsc3)C2)C1. The van der Waals surface area contributed by atoms with Gasteiger partial charge in [-0.3, -0.25) is 4.90 Å². The molecule has 0 unspecified atom stereocenters. The monoisotopic (exact) mass is 292 g/mol. The number of hydrogen-bond acceptors (Lipinski definition) is 3. The molecule has 1 atom stereocenters. The second-order valence-corrected chi connectivity index (χ2v) is 8.10. The van der Waals surface area contributed by atoms with Crippen molar-refractivity contribution in [1.29, 1.82) is 0 Å². The predicted octanol–water partition coefficient (Wildman–Crippen LogP) is 3.69. The molecule has 3 heterocycles. The van der Waals surface area contributed by atoms with Crippen molar-refractivity contribution in [3.63, 3.8) is 0 Å². The average Bonchev–Trinajstić information content (AvgIpc) is 3.00. The average molecular weight is 292 g/mol. The molecule has 0 amide bonds. The van der Waals surface area contributed by atoms with Crippen LogP contribution in [0, 0.1) is 11.3 Å². The Kier molecular flexibility index (Phi) is 4.49. The summed E-state index contributed by atoms with van der Waals surface area (Å²) in [7, 11) is 0. The largest absolute Gasteiger partial charge is 0.302 e. The van der Waals surface area contributed by atoms with Gasteiger partial charge >= 0.3 is 0 Å². The molecule has 0 saturated carbocycles. The summed E-state index contributed by atoms with van der Waals surface area (Å²) in [6.07, 6.45) is 4.26. The number of likely N-dealkylation sites (tertiary alicyclic amines) is 2. The molecule has 1 aromatic heterocycles. The lowest BCUT2D eigenvalue weighted by Gasteiger charge is -2.41. The highest BCUT2D eigenvalue weighted by Crippen LogP contribution is 2.39. The van der Waals surface area contributed by atoms with Crippen LogP contribution in [0.1, 0.15) is 38.7 Å². The van der Waals surface area contributed by atoms with Gasteiger partial charge in [0.2, 0.25) is 0 Å². The zero-order chi connectivity index (χ0) is 14.0. The molecule has 2 fully saturated rings. The summed E-state index contributed by atoms with van der Waals surface area (Å²) in [4.78, 5) is 5.41. The fourth-order valence-corrected chi connectivity index (χ4v) is 4.78. The third-order valence-corrected chi connectivity index (χ3v) is 5.60. The maximum atomic E-state index is 2.72. The van der Waals surface area contributed by atoms with Gasteiger partial charge in [0.25, 0.3) is 0 Å². The zero-order valence-electron chi connectivity index (χ0n) is 13.0. The fraction of sp³-hybridized carbons (Fsp3) is 0.765. The molecule has 0 N–H and O–H groups in total. The molecule has 2 saturated heterocycles. The lowest BCUT2D eigenvalue weighted by Crippen LogP contribution is -2.45. The third kappa shape index (κ3) is 3.44.